The lowest BCUT2D eigenvalue weighted by Crippen LogP contribution is -2.13. The highest BCUT2D eigenvalue weighted by molar-refractivity contribution is 5.91. The molecule has 0 atom stereocenters. The molecule has 0 aliphatic carbocycles. The van der Waals surface area contributed by atoms with Crippen LogP contribution in [0.1, 0.15) is 37.2 Å². The van der Waals surface area contributed by atoms with Gasteiger partial charge in [0.05, 0.1) is 0 Å². The van der Waals surface area contributed by atoms with Gasteiger partial charge < -0.3 is 11.1 Å². The maximum Gasteiger partial charge on any atom is 0.267 e. The number of hydrogen-bond acceptors (Lipinski definition) is 3. The van der Waals surface area contributed by atoms with Crippen LogP contribution in [0.4, 0.5) is 5.69 Å². The van der Waals surface area contributed by atoms with E-state index in [9.17, 15) is 4.79 Å². The lowest BCUT2D eigenvalue weighted by atomic mass is 10.1. The minimum Gasteiger partial charge on any atom is -0.385 e. The van der Waals surface area contributed by atoms with Crippen LogP contribution in [0.3, 0.4) is 0 Å². The summed E-state index contributed by atoms with van der Waals surface area (Å²) in [5.74, 6) is 0.228. The van der Waals surface area contributed by atoms with E-state index in [0.717, 1.165) is 24.6 Å². The van der Waals surface area contributed by atoms with Crippen molar-refractivity contribution in [3.63, 3.8) is 0 Å². The predicted molar refractivity (Wildman–Crippen MR) is 65.3 cm³/mol. The van der Waals surface area contributed by atoms with Gasteiger partial charge in [-0.15, -0.1) is 0 Å². The molecule has 0 bridgehead atoms. The van der Waals surface area contributed by atoms with Gasteiger partial charge in [-0.1, -0.05) is 13.8 Å². The van der Waals surface area contributed by atoms with Crippen LogP contribution in [0.2, 0.25) is 0 Å². The second-order valence-electron chi connectivity index (χ2n) is 4.26. The van der Waals surface area contributed by atoms with Crippen molar-refractivity contribution in [2.75, 3.05) is 11.9 Å². The van der Waals surface area contributed by atoms with Crippen LogP contribution in [-0.2, 0) is 0 Å². The number of carbonyl (C=O) groups is 1. The summed E-state index contributed by atoms with van der Waals surface area (Å²) in [7, 11) is 0. The van der Waals surface area contributed by atoms with Crippen LogP contribution >= 0.6 is 0 Å². The molecular weight excluding hydrogens is 202 g/mol. The average molecular weight is 221 g/mol. The molecule has 0 aromatic carbocycles. The van der Waals surface area contributed by atoms with Gasteiger partial charge in [0, 0.05) is 18.4 Å². The number of primary amides is 1. The molecule has 1 aromatic rings. The summed E-state index contributed by atoms with van der Waals surface area (Å²) >= 11 is 0. The fourth-order valence-electron chi connectivity index (χ4n) is 1.42. The fraction of sp³-hybridized carbons (Fsp3) is 0.500. The molecule has 4 nitrogen and oxygen atoms in total. The SMILES string of the molecule is CC(C)CCCNc1ccnc(C(N)=O)c1. The molecule has 0 saturated carbocycles. The summed E-state index contributed by atoms with van der Waals surface area (Å²) < 4.78 is 0. The van der Waals surface area contributed by atoms with E-state index in [0.29, 0.717) is 5.69 Å². The second kappa shape index (κ2) is 6.10. The zero-order chi connectivity index (χ0) is 12.0. The van der Waals surface area contributed by atoms with E-state index < -0.39 is 5.91 Å². The Labute approximate surface area is 96.3 Å². The first-order valence-corrected chi connectivity index (χ1v) is 5.59. The fourth-order valence-corrected chi connectivity index (χ4v) is 1.42. The number of amides is 1. The van der Waals surface area contributed by atoms with Gasteiger partial charge in [-0.3, -0.25) is 9.78 Å². The molecule has 3 N–H and O–H groups in total. The Morgan fingerprint density at radius 2 is 2.31 bits per heavy atom. The van der Waals surface area contributed by atoms with Crippen LogP contribution < -0.4 is 11.1 Å². The van der Waals surface area contributed by atoms with E-state index in [1.807, 2.05) is 6.07 Å². The van der Waals surface area contributed by atoms with Crippen LogP contribution in [-0.4, -0.2) is 17.4 Å². The first-order chi connectivity index (χ1) is 7.59. The Hall–Kier alpha value is -1.58. The van der Waals surface area contributed by atoms with Gasteiger partial charge in [-0.05, 0) is 30.9 Å². The molecule has 0 aliphatic rings. The molecule has 0 fully saturated rings. The third kappa shape index (κ3) is 4.29. The highest BCUT2D eigenvalue weighted by Crippen LogP contribution is 2.09. The summed E-state index contributed by atoms with van der Waals surface area (Å²) in [4.78, 5) is 14.8. The van der Waals surface area contributed by atoms with Crippen molar-refractivity contribution in [2.24, 2.45) is 11.7 Å². The zero-order valence-corrected chi connectivity index (χ0v) is 9.86. The first-order valence-electron chi connectivity index (χ1n) is 5.59. The zero-order valence-electron chi connectivity index (χ0n) is 9.86. The van der Waals surface area contributed by atoms with Crippen molar-refractivity contribution in [1.82, 2.24) is 4.98 Å². The lowest BCUT2D eigenvalue weighted by Gasteiger charge is -2.08. The average Bonchev–Trinajstić information content (AvgIpc) is 2.24. The third-order valence-electron chi connectivity index (χ3n) is 2.30. The van der Waals surface area contributed by atoms with E-state index in [1.165, 1.54) is 6.42 Å². The third-order valence-corrected chi connectivity index (χ3v) is 2.30. The normalized spacial score (nSPS) is 10.4. The Kier molecular flexibility index (Phi) is 4.76. The van der Waals surface area contributed by atoms with E-state index in [2.05, 4.69) is 24.1 Å². The summed E-state index contributed by atoms with van der Waals surface area (Å²) in [6, 6.07) is 3.51. The number of hydrogen-bond donors (Lipinski definition) is 2. The van der Waals surface area contributed by atoms with E-state index in [4.69, 9.17) is 5.73 Å². The summed E-state index contributed by atoms with van der Waals surface area (Å²) in [5.41, 5.74) is 6.34. The predicted octanol–water partition coefficient (Wildman–Crippen LogP) is 2.03. The topological polar surface area (TPSA) is 68.0 Å². The van der Waals surface area contributed by atoms with Crippen LogP contribution in [0, 0.1) is 5.92 Å². The summed E-state index contributed by atoms with van der Waals surface area (Å²) in [6.45, 7) is 5.32. The minimum absolute atomic E-state index is 0.300. The van der Waals surface area contributed by atoms with Crippen molar-refractivity contribution < 1.29 is 4.79 Å². The Balaban J connectivity index is 2.42. The van der Waals surface area contributed by atoms with Gasteiger partial charge in [-0.2, -0.15) is 0 Å². The molecule has 1 rings (SSSR count). The standard InChI is InChI=1S/C12H19N3O/c1-9(2)4-3-6-14-10-5-7-15-11(8-10)12(13)16/h5,7-9H,3-4,6H2,1-2H3,(H2,13,16)(H,14,15). The summed E-state index contributed by atoms with van der Waals surface area (Å²) in [5, 5.41) is 3.25. The molecule has 1 amide bonds. The summed E-state index contributed by atoms with van der Waals surface area (Å²) in [6.07, 6.45) is 3.90. The number of nitrogens with two attached hydrogens (primary N) is 1. The molecule has 0 saturated heterocycles. The maximum absolute atomic E-state index is 10.9. The van der Waals surface area contributed by atoms with Gasteiger partial charge in [0.2, 0.25) is 0 Å². The molecule has 1 aromatic heterocycles. The quantitative estimate of drug-likeness (QED) is 0.722. The molecule has 88 valence electrons. The first kappa shape index (κ1) is 12.5. The Morgan fingerprint density at radius 3 is 2.94 bits per heavy atom. The van der Waals surface area contributed by atoms with Crippen LogP contribution in [0.5, 0.6) is 0 Å². The molecule has 0 aliphatic heterocycles. The number of aromatic nitrogens is 1. The number of rotatable bonds is 6. The van der Waals surface area contributed by atoms with Gasteiger partial charge in [0.1, 0.15) is 5.69 Å². The molecule has 0 spiro atoms. The van der Waals surface area contributed by atoms with Crippen molar-refractivity contribution in [2.45, 2.75) is 26.7 Å². The lowest BCUT2D eigenvalue weighted by molar-refractivity contribution is 0.0995. The smallest absolute Gasteiger partial charge is 0.267 e. The van der Waals surface area contributed by atoms with Crippen LogP contribution in [0.15, 0.2) is 18.3 Å². The van der Waals surface area contributed by atoms with Crippen LogP contribution in [0.25, 0.3) is 0 Å². The molecule has 1 heterocycles. The van der Waals surface area contributed by atoms with E-state index in [1.54, 1.807) is 12.3 Å². The number of nitrogens with one attached hydrogen (secondary N) is 1. The Morgan fingerprint density at radius 1 is 1.56 bits per heavy atom. The van der Waals surface area contributed by atoms with Crippen molar-refractivity contribution in [1.29, 1.82) is 0 Å². The number of carbonyl (C=O) groups excluding carboxylic acids is 1. The van der Waals surface area contributed by atoms with E-state index >= 15 is 0 Å². The largest absolute Gasteiger partial charge is 0.385 e. The highest BCUT2D eigenvalue weighted by atomic mass is 16.1. The highest BCUT2D eigenvalue weighted by Gasteiger charge is 2.02. The molecule has 4 heteroatoms. The van der Waals surface area contributed by atoms with Gasteiger partial charge >= 0.3 is 0 Å². The van der Waals surface area contributed by atoms with Gasteiger partial charge in [0.15, 0.2) is 0 Å². The second-order valence-corrected chi connectivity index (χ2v) is 4.26. The van der Waals surface area contributed by atoms with Gasteiger partial charge in [-0.25, -0.2) is 0 Å². The number of pyridine rings is 1. The Bertz CT molecular complexity index is 350. The van der Waals surface area contributed by atoms with Crippen molar-refractivity contribution >= 4 is 11.6 Å². The molecule has 0 radical (unpaired) electrons. The maximum atomic E-state index is 10.9. The number of anilines is 1. The monoisotopic (exact) mass is 221 g/mol. The van der Waals surface area contributed by atoms with E-state index in [-0.39, 0.29) is 0 Å². The van der Waals surface area contributed by atoms with Gasteiger partial charge in [0.25, 0.3) is 5.91 Å². The van der Waals surface area contributed by atoms with Crippen molar-refractivity contribution in [3.8, 4) is 0 Å². The number of nitrogens with zero attached hydrogens (tertiary/aromatic N) is 1. The molecule has 0 unspecified atom stereocenters. The molecular formula is C12H19N3O. The molecule has 16 heavy (non-hydrogen) atoms. The minimum atomic E-state index is -0.495. The van der Waals surface area contributed by atoms with Crippen molar-refractivity contribution in [3.05, 3.63) is 24.0 Å².